The number of nitrogens with zero attached hydrogens (tertiary/aromatic N) is 3. The van der Waals surface area contributed by atoms with Crippen molar-refractivity contribution >= 4 is 17.6 Å². The SMILES string of the molecule is CCNC(=NCC(=O)Nc1cccnc1)N1CCC(c2ccccc2)C1. The molecule has 1 saturated heterocycles. The molecule has 6 nitrogen and oxygen atoms in total. The molecule has 26 heavy (non-hydrogen) atoms. The average Bonchev–Trinajstić information content (AvgIpc) is 3.17. The highest BCUT2D eigenvalue weighted by atomic mass is 16.1. The summed E-state index contributed by atoms with van der Waals surface area (Å²) in [5.41, 5.74) is 2.04. The van der Waals surface area contributed by atoms with Crippen molar-refractivity contribution in [3.05, 3.63) is 60.4 Å². The van der Waals surface area contributed by atoms with Crippen molar-refractivity contribution in [3.63, 3.8) is 0 Å². The zero-order valence-electron chi connectivity index (χ0n) is 15.1. The van der Waals surface area contributed by atoms with Crippen LogP contribution in [0.15, 0.2) is 59.9 Å². The fourth-order valence-electron chi connectivity index (χ4n) is 3.16. The lowest BCUT2D eigenvalue weighted by atomic mass is 9.99. The predicted molar refractivity (Wildman–Crippen MR) is 104 cm³/mol. The van der Waals surface area contributed by atoms with Crippen molar-refractivity contribution in [2.24, 2.45) is 4.99 Å². The number of hydrogen-bond acceptors (Lipinski definition) is 3. The molecule has 1 amide bonds. The first-order chi connectivity index (χ1) is 12.8. The maximum atomic E-state index is 12.1. The van der Waals surface area contributed by atoms with Gasteiger partial charge in [0.25, 0.3) is 0 Å². The van der Waals surface area contributed by atoms with E-state index in [4.69, 9.17) is 0 Å². The van der Waals surface area contributed by atoms with Crippen LogP contribution in [0.5, 0.6) is 0 Å². The summed E-state index contributed by atoms with van der Waals surface area (Å²) < 4.78 is 0. The molecule has 0 saturated carbocycles. The molecule has 0 aliphatic carbocycles. The van der Waals surface area contributed by atoms with E-state index in [1.54, 1.807) is 18.5 Å². The van der Waals surface area contributed by atoms with Gasteiger partial charge in [-0.3, -0.25) is 9.78 Å². The Labute approximate surface area is 154 Å². The van der Waals surface area contributed by atoms with E-state index in [-0.39, 0.29) is 12.5 Å². The number of carbonyl (C=O) groups is 1. The van der Waals surface area contributed by atoms with Crippen LogP contribution in [-0.2, 0) is 4.79 Å². The Morgan fingerprint density at radius 3 is 2.85 bits per heavy atom. The third-order valence-electron chi connectivity index (χ3n) is 4.41. The summed E-state index contributed by atoms with van der Waals surface area (Å²) in [5.74, 6) is 1.16. The Bertz CT molecular complexity index is 732. The van der Waals surface area contributed by atoms with Gasteiger partial charge in [-0.25, -0.2) is 4.99 Å². The number of likely N-dealkylation sites (tertiary alicyclic amines) is 1. The first-order valence-electron chi connectivity index (χ1n) is 9.04. The van der Waals surface area contributed by atoms with Crippen molar-refractivity contribution in [3.8, 4) is 0 Å². The van der Waals surface area contributed by atoms with E-state index in [0.29, 0.717) is 11.6 Å². The van der Waals surface area contributed by atoms with Crippen LogP contribution in [0.25, 0.3) is 0 Å². The molecule has 0 radical (unpaired) electrons. The van der Waals surface area contributed by atoms with Crippen LogP contribution >= 0.6 is 0 Å². The largest absolute Gasteiger partial charge is 0.357 e. The average molecular weight is 351 g/mol. The monoisotopic (exact) mass is 351 g/mol. The van der Waals surface area contributed by atoms with Crippen molar-refractivity contribution in [1.29, 1.82) is 0 Å². The van der Waals surface area contributed by atoms with E-state index in [2.05, 4.69) is 49.8 Å². The Balaban J connectivity index is 1.59. The minimum Gasteiger partial charge on any atom is -0.357 e. The molecule has 1 aliphatic rings. The van der Waals surface area contributed by atoms with Gasteiger partial charge in [-0.15, -0.1) is 0 Å². The molecule has 3 rings (SSSR count). The van der Waals surface area contributed by atoms with E-state index in [9.17, 15) is 4.79 Å². The second-order valence-corrected chi connectivity index (χ2v) is 6.30. The van der Waals surface area contributed by atoms with Crippen molar-refractivity contribution < 1.29 is 4.79 Å². The maximum Gasteiger partial charge on any atom is 0.246 e. The molecule has 6 heteroatoms. The summed E-state index contributed by atoms with van der Waals surface area (Å²) in [6.07, 6.45) is 4.39. The van der Waals surface area contributed by atoms with Crippen LogP contribution in [0.4, 0.5) is 5.69 Å². The maximum absolute atomic E-state index is 12.1. The molecule has 1 aliphatic heterocycles. The van der Waals surface area contributed by atoms with Crippen molar-refractivity contribution in [2.75, 3.05) is 31.5 Å². The highest BCUT2D eigenvalue weighted by molar-refractivity contribution is 5.94. The fraction of sp³-hybridized carbons (Fsp3) is 0.350. The Hall–Kier alpha value is -2.89. The van der Waals surface area contributed by atoms with Gasteiger partial charge in [-0.2, -0.15) is 0 Å². The number of carbonyl (C=O) groups excluding carboxylic acids is 1. The van der Waals surface area contributed by atoms with Crippen molar-refractivity contribution in [1.82, 2.24) is 15.2 Å². The zero-order valence-corrected chi connectivity index (χ0v) is 15.1. The van der Waals surface area contributed by atoms with Crippen LogP contribution in [0, 0.1) is 0 Å². The molecule has 2 N–H and O–H groups in total. The van der Waals surface area contributed by atoms with Crippen LogP contribution in [0.3, 0.4) is 0 Å². The number of aliphatic imine (C=N–C) groups is 1. The minimum absolute atomic E-state index is 0.0870. The molecule has 1 unspecified atom stereocenters. The van der Waals surface area contributed by atoms with Gasteiger partial charge < -0.3 is 15.5 Å². The molecule has 0 spiro atoms. The fourth-order valence-corrected chi connectivity index (χ4v) is 3.16. The highest BCUT2D eigenvalue weighted by Gasteiger charge is 2.25. The molecule has 1 atom stereocenters. The number of amides is 1. The number of anilines is 1. The number of nitrogens with one attached hydrogen (secondary N) is 2. The van der Waals surface area contributed by atoms with Crippen molar-refractivity contribution in [2.45, 2.75) is 19.3 Å². The minimum atomic E-state index is -0.146. The predicted octanol–water partition coefficient (Wildman–Crippen LogP) is 2.48. The first-order valence-corrected chi connectivity index (χ1v) is 9.04. The number of rotatable bonds is 5. The van der Waals surface area contributed by atoms with Crippen LogP contribution < -0.4 is 10.6 Å². The summed E-state index contributed by atoms with van der Waals surface area (Å²) in [5, 5.41) is 6.11. The lowest BCUT2D eigenvalue weighted by molar-refractivity contribution is -0.114. The molecule has 1 aromatic heterocycles. The number of pyridine rings is 1. The molecule has 1 aromatic carbocycles. The van der Waals surface area contributed by atoms with Gasteiger partial charge in [-0.05, 0) is 31.0 Å². The van der Waals surface area contributed by atoms with Gasteiger partial charge in [-0.1, -0.05) is 30.3 Å². The summed E-state index contributed by atoms with van der Waals surface area (Å²) in [7, 11) is 0. The summed E-state index contributed by atoms with van der Waals surface area (Å²) in [6.45, 7) is 4.75. The molecule has 0 bridgehead atoms. The standard InChI is InChI=1S/C20H25N5O/c1-2-22-20(23-14-19(26)24-18-9-6-11-21-13-18)25-12-10-17(15-25)16-7-4-3-5-8-16/h3-9,11,13,17H,2,10,12,14-15H2,1H3,(H,22,23)(H,24,26). The number of benzene rings is 1. The number of hydrogen-bond donors (Lipinski definition) is 2. The lowest BCUT2D eigenvalue weighted by Gasteiger charge is -2.21. The van der Waals surface area contributed by atoms with Crippen LogP contribution in [0.2, 0.25) is 0 Å². The van der Waals surface area contributed by atoms with Gasteiger partial charge in [0.05, 0.1) is 11.9 Å². The van der Waals surface area contributed by atoms with Gasteiger partial charge in [0.1, 0.15) is 6.54 Å². The lowest BCUT2D eigenvalue weighted by Crippen LogP contribution is -2.40. The second kappa shape index (κ2) is 8.99. The third-order valence-corrected chi connectivity index (χ3v) is 4.41. The summed E-state index contributed by atoms with van der Waals surface area (Å²) >= 11 is 0. The zero-order chi connectivity index (χ0) is 18.2. The van der Waals surface area contributed by atoms with Crippen LogP contribution in [-0.4, -0.2) is 47.9 Å². The van der Waals surface area contributed by atoms with E-state index >= 15 is 0 Å². The van der Waals surface area contributed by atoms with Gasteiger partial charge >= 0.3 is 0 Å². The molecule has 2 aromatic rings. The summed E-state index contributed by atoms with van der Waals surface area (Å²) in [4.78, 5) is 22.9. The number of guanidine groups is 1. The molecular weight excluding hydrogens is 326 g/mol. The Morgan fingerprint density at radius 2 is 2.12 bits per heavy atom. The third kappa shape index (κ3) is 4.81. The normalized spacial score (nSPS) is 17.2. The van der Waals surface area contributed by atoms with Crippen LogP contribution in [0.1, 0.15) is 24.8 Å². The van der Waals surface area contributed by atoms with Gasteiger partial charge in [0.15, 0.2) is 5.96 Å². The van der Waals surface area contributed by atoms with E-state index in [0.717, 1.165) is 32.0 Å². The van der Waals surface area contributed by atoms with Gasteiger partial charge in [0.2, 0.25) is 5.91 Å². The molecular formula is C20H25N5O. The number of aromatic nitrogens is 1. The van der Waals surface area contributed by atoms with E-state index in [1.165, 1.54) is 5.56 Å². The molecule has 2 heterocycles. The highest BCUT2D eigenvalue weighted by Crippen LogP contribution is 2.26. The molecule has 1 fully saturated rings. The topological polar surface area (TPSA) is 69.6 Å². The second-order valence-electron chi connectivity index (χ2n) is 6.30. The molecule has 136 valence electrons. The Kier molecular flexibility index (Phi) is 6.19. The van der Waals surface area contributed by atoms with E-state index in [1.807, 2.05) is 19.1 Å². The van der Waals surface area contributed by atoms with Gasteiger partial charge in [0, 0.05) is 31.7 Å². The quantitative estimate of drug-likeness (QED) is 0.641. The Morgan fingerprint density at radius 1 is 1.27 bits per heavy atom. The first kappa shape index (κ1) is 17.9. The summed E-state index contributed by atoms with van der Waals surface area (Å²) in [6, 6.07) is 14.2. The smallest absolute Gasteiger partial charge is 0.246 e. The van der Waals surface area contributed by atoms with E-state index < -0.39 is 0 Å².